The molecule has 1 atom stereocenters. The van der Waals surface area contributed by atoms with Gasteiger partial charge in [0.25, 0.3) is 5.91 Å². The summed E-state index contributed by atoms with van der Waals surface area (Å²) in [7, 11) is 0. The quantitative estimate of drug-likeness (QED) is 0.784. The lowest BCUT2D eigenvalue weighted by molar-refractivity contribution is -0.128. The van der Waals surface area contributed by atoms with Gasteiger partial charge in [0.2, 0.25) is 5.91 Å². The zero-order valence-corrected chi connectivity index (χ0v) is 11.8. The zero-order valence-electron chi connectivity index (χ0n) is 11.8. The highest BCUT2D eigenvalue weighted by molar-refractivity contribution is 5.82. The molecule has 0 fully saturated rings. The van der Waals surface area contributed by atoms with E-state index in [-0.39, 0.29) is 17.7 Å². The number of hydrogen-bond donors (Lipinski definition) is 2. The maximum absolute atomic E-state index is 11.9. The van der Waals surface area contributed by atoms with E-state index in [0.717, 1.165) is 11.3 Å². The number of benzene rings is 1. The predicted molar refractivity (Wildman–Crippen MR) is 75.4 cm³/mol. The standard InChI is InChI=1S/C15H20N2O3/c1-10(2)14(18)16-7-8-17-15(19)13-9-11-5-3-4-6-12(11)20-13/h3-6,10,13H,7-9H2,1-2H3,(H,16,18)(H,17,19)/t13-/m0/s1. The molecule has 0 saturated carbocycles. The Morgan fingerprint density at radius 2 is 1.95 bits per heavy atom. The molecular formula is C15H20N2O3. The molecule has 0 radical (unpaired) electrons. The van der Waals surface area contributed by atoms with E-state index in [0.29, 0.717) is 19.5 Å². The van der Waals surface area contributed by atoms with Gasteiger partial charge in [-0.3, -0.25) is 9.59 Å². The molecule has 0 aliphatic carbocycles. The smallest absolute Gasteiger partial charge is 0.261 e. The number of rotatable bonds is 5. The molecule has 0 aromatic heterocycles. The van der Waals surface area contributed by atoms with Crippen LogP contribution in [-0.2, 0) is 16.0 Å². The van der Waals surface area contributed by atoms with Crippen LogP contribution in [-0.4, -0.2) is 31.0 Å². The Kier molecular flexibility index (Phi) is 4.61. The molecule has 2 rings (SSSR count). The van der Waals surface area contributed by atoms with Crippen LogP contribution in [0.5, 0.6) is 5.75 Å². The number of hydrogen-bond acceptors (Lipinski definition) is 3. The Morgan fingerprint density at radius 3 is 2.65 bits per heavy atom. The van der Waals surface area contributed by atoms with Crippen molar-refractivity contribution in [3.63, 3.8) is 0 Å². The fraction of sp³-hybridized carbons (Fsp3) is 0.467. The lowest BCUT2D eigenvalue weighted by Gasteiger charge is -2.12. The van der Waals surface area contributed by atoms with Crippen LogP contribution in [0.25, 0.3) is 0 Å². The van der Waals surface area contributed by atoms with Crippen LogP contribution >= 0.6 is 0 Å². The van der Waals surface area contributed by atoms with Gasteiger partial charge in [0.1, 0.15) is 5.75 Å². The maximum Gasteiger partial charge on any atom is 0.261 e. The molecule has 2 amide bonds. The van der Waals surface area contributed by atoms with E-state index in [1.807, 2.05) is 38.1 Å². The van der Waals surface area contributed by atoms with Crippen molar-refractivity contribution < 1.29 is 14.3 Å². The molecule has 108 valence electrons. The third kappa shape index (κ3) is 3.50. The first kappa shape index (κ1) is 14.4. The molecule has 5 nitrogen and oxygen atoms in total. The minimum absolute atomic E-state index is 0.0104. The fourth-order valence-electron chi connectivity index (χ4n) is 2.02. The van der Waals surface area contributed by atoms with Gasteiger partial charge in [-0.15, -0.1) is 0 Å². The Morgan fingerprint density at radius 1 is 1.25 bits per heavy atom. The van der Waals surface area contributed by atoms with Gasteiger partial charge >= 0.3 is 0 Å². The van der Waals surface area contributed by atoms with E-state index in [1.54, 1.807) is 0 Å². The average molecular weight is 276 g/mol. The van der Waals surface area contributed by atoms with Crippen LogP contribution < -0.4 is 15.4 Å². The second-order valence-corrected chi connectivity index (χ2v) is 5.16. The van der Waals surface area contributed by atoms with Crippen LogP contribution in [0.4, 0.5) is 0 Å². The van der Waals surface area contributed by atoms with Gasteiger partial charge in [0.15, 0.2) is 6.10 Å². The van der Waals surface area contributed by atoms with Crippen LogP contribution in [0, 0.1) is 5.92 Å². The van der Waals surface area contributed by atoms with Gasteiger partial charge < -0.3 is 15.4 Å². The Hall–Kier alpha value is -2.04. The van der Waals surface area contributed by atoms with Crippen LogP contribution in [0.15, 0.2) is 24.3 Å². The summed E-state index contributed by atoms with van der Waals surface area (Å²) in [5.74, 6) is 0.586. The summed E-state index contributed by atoms with van der Waals surface area (Å²) in [6, 6.07) is 7.65. The largest absolute Gasteiger partial charge is 0.480 e. The Balaban J connectivity index is 1.71. The van der Waals surface area contributed by atoms with Crippen LogP contribution in [0.3, 0.4) is 0 Å². The van der Waals surface area contributed by atoms with Gasteiger partial charge in [-0.05, 0) is 11.6 Å². The minimum atomic E-state index is -0.465. The predicted octanol–water partition coefficient (Wildman–Crippen LogP) is 0.879. The summed E-state index contributed by atoms with van der Waals surface area (Å²) < 4.78 is 5.59. The molecule has 1 aromatic carbocycles. The Labute approximate surface area is 118 Å². The molecule has 0 bridgehead atoms. The zero-order chi connectivity index (χ0) is 14.5. The second kappa shape index (κ2) is 6.41. The van der Waals surface area contributed by atoms with E-state index in [4.69, 9.17) is 4.74 Å². The van der Waals surface area contributed by atoms with E-state index in [9.17, 15) is 9.59 Å². The third-order valence-corrected chi connectivity index (χ3v) is 3.19. The minimum Gasteiger partial charge on any atom is -0.480 e. The topological polar surface area (TPSA) is 67.4 Å². The van der Waals surface area contributed by atoms with Gasteiger partial charge in [-0.25, -0.2) is 0 Å². The Bertz CT molecular complexity index is 475. The van der Waals surface area contributed by atoms with Crippen molar-refractivity contribution >= 4 is 11.8 Å². The molecule has 2 N–H and O–H groups in total. The van der Waals surface area contributed by atoms with Crippen molar-refractivity contribution in [1.29, 1.82) is 0 Å². The normalized spacial score (nSPS) is 16.4. The van der Waals surface area contributed by atoms with Gasteiger partial charge in [0.05, 0.1) is 0 Å². The van der Waals surface area contributed by atoms with Crippen molar-refractivity contribution in [2.24, 2.45) is 5.92 Å². The molecule has 1 aliphatic rings. The van der Waals surface area contributed by atoms with Crippen molar-refractivity contribution in [2.45, 2.75) is 26.4 Å². The summed E-state index contributed by atoms with van der Waals surface area (Å²) in [5.41, 5.74) is 1.06. The average Bonchev–Trinajstić information content (AvgIpc) is 2.86. The highest BCUT2D eigenvalue weighted by Crippen LogP contribution is 2.27. The summed E-state index contributed by atoms with van der Waals surface area (Å²) in [5, 5.41) is 5.53. The van der Waals surface area contributed by atoms with Crippen molar-refractivity contribution in [3.8, 4) is 5.75 Å². The number of nitrogens with one attached hydrogen (secondary N) is 2. The van der Waals surface area contributed by atoms with Crippen LogP contribution in [0.2, 0.25) is 0 Å². The van der Waals surface area contributed by atoms with Gasteiger partial charge in [-0.1, -0.05) is 32.0 Å². The molecule has 0 spiro atoms. The first-order valence-corrected chi connectivity index (χ1v) is 6.88. The fourth-order valence-corrected chi connectivity index (χ4v) is 2.02. The van der Waals surface area contributed by atoms with Crippen molar-refractivity contribution in [1.82, 2.24) is 10.6 Å². The van der Waals surface area contributed by atoms with Gasteiger partial charge in [-0.2, -0.15) is 0 Å². The molecule has 0 saturated heterocycles. The van der Waals surface area contributed by atoms with Crippen molar-refractivity contribution in [3.05, 3.63) is 29.8 Å². The third-order valence-electron chi connectivity index (χ3n) is 3.19. The number of carbonyl (C=O) groups is 2. The monoisotopic (exact) mass is 276 g/mol. The highest BCUT2D eigenvalue weighted by atomic mass is 16.5. The summed E-state index contributed by atoms with van der Waals surface area (Å²) in [4.78, 5) is 23.3. The lowest BCUT2D eigenvalue weighted by Crippen LogP contribution is -2.42. The van der Waals surface area contributed by atoms with E-state index < -0.39 is 6.10 Å². The van der Waals surface area contributed by atoms with Crippen LogP contribution in [0.1, 0.15) is 19.4 Å². The van der Waals surface area contributed by atoms with E-state index in [1.165, 1.54) is 0 Å². The highest BCUT2D eigenvalue weighted by Gasteiger charge is 2.28. The van der Waals surface area contributed by atoms with E-state index >= 15 is 0 Å². The van der Waals surface area contributed by atoms with E-state index in [2.05, 4.69) is 10.6 Å². The summed E-state index contributed by atoms with van der Waals surface area (Å²) in [6.07, 6.45) is 0.133. The maximum atomic E-state index is 11.9. The first-order valence-electron chi connectivity index (χ1n) is 6.88. The lowest BCUT2D eigenvalue weighted by atomic mass is 10.1. The molecular weight excluding hydrogens is 256 g/mol. The second-order valence-electron chi connectivity index (χ2n) is 5.16. The molecule has 20 heavy (non-hydrogen) atoms. The number of amides is 2. The molecule has 5 heteroatoms. The first-order chi connectivity index (χ1) is 9.58. The molecule has 1 heterocycles. The molecule has 0 unspecified atom stereocenters. The number of para-hydroxylation sites is 1. The van der Waals surface area contributed by atoms with Crippen molar-refractivity contribution in [2.75, 3.05) is 13.1 Å². The molecule has 1 aliphatic heterocycles. The number of ether oxygens (including phenoxy) is 1. The summed E-state index contributed by atoms with van der Waals surface area (Å²) >= 11 is 0. The SMILES string of the molecule is CC(C)C(=O)NCCNC(=O)[C@@H]1Cc2ccccc2O1. The summed E-state index contributed by atoms with van der Waals surface area (Å²) in [6.45, 7) is 4.50. The molecule has 1 aromatic rings. The number of fused-ring (bicyclic) bond motifs is 1. The number of carbonyl (C=O) groups excluding carboxylic acids is 2. The van der Waals surface area contributed by atoms with Gasteiger partial charge in [0, 0.05) is 25.4 Å².